The number of aromatic hydroxyl groups is 1. The maximum Gasteiger partial charge on any atom is 0.339 e. The van der Waals surface area contributed by atoms with Crippen LogP contribution in [0.5, 0.6) is 5.75 Å². The first kappa shape index (κ1) is 11.1. The van der Waals surface area contributed by atoms with Gasteiger partial charge in [0.05, 0.1) is 0 Å². The molecule has 0 atom stereocenters. The average molecular weight is 232 g/mol. The molecule has 2 aromatic carbocycles. The maximum atomic E-state index is 13.5. The molecule has 0 aliphatic heterocycles. The second-order valence-corrected chi connectivity index (χ2v) is 3.49. The minimum absolute atomic E-state index is 0.169. The van der Waals surface area contributed by atoms with Crippen molar-refractivity contribution in [1.82, 2.24) is 0 Å². The summed E-state index contributed by atoms with van der Waals surface area (Å²) in [4.78, 5) is 10.8. The first-order valence-electron chi connectivity index (χ1n) is 4.91. The predicted octanol–water partition coefficient (Wildman–Crippen LogP) is 2.90. The van der Waals surface area contributed by atoms with Gasteiger partial charge in [0.2, 0.25) is 0 Å². The Labute approximate surface area is 96.8 Å². The van der Waals surface area contributed by atoms with Crippen LogP contribution >= 0.6 is 0 Å². The lowest BCUT2D eigenvalue weighted by atomic mass is 10.0. The van der Waals surface area contributed by atoms with Crippen molar-refractivity contribution in [2.45, 2.75) is 0 Å². The molecule has 2 aromatic rings. The van der Waals surface area contributed by atoms with Crippen LogP contribution in [0.1, 0.15) is 10.4 Å². The molecule has 0 radical (unpaired) electrons. The van der Waals surface area contributed by atoms with E-state index in [4.69, 9.17) is 5.11 Å². The van der Waals surface area contributed by atoms with Gasteiger partial charge in [0.1, 0.15) is 17.1 Å². The van der Waals surface area contributed by atoms with E-state index in [2.05, 4.69) is 0 Å². The van der Waals surface area contributed by atoms with Crippen molar-refractivity contribution in [2.24, 2.45) is 0 Å². The fourth-order valence-corrected chi connectivity index (χ4v) is 1.61. The molecule has 2 rings (SSSR count). The summed E-state index contributed by atoms with van der Waals surface area (Å²) in [7, 11) is 0. The van der Waals surface area contributed by atoms with Crippen molar-refractivity contribution >= 4 is 5.97 Å². The van der Waals surface area contributed by atoms with Crippen LogP contribution in [0.25, 0.3) is 11.1 Å². The molecular weight excluding hydrogens is 223 g/mol. The molecule has 0 heterocycles. The van der Waals surface area contributed by atoms with Gasteiger partial charge in [-0.2, -0.15) is 0 Å². The van der Waals surface area contributed by atoms with E-state index >= 15 is 0 Å². The van der Waals surface area contributed by atoms with Gasteiger partial charge in [-0.3, -0.25) is 0 Å². The number of hydrogen-bond acceptors (Lipinski definition) is 2. The highest BCUT2D eigenvalue weighted by Gasteiger charge is 2.15. The molecular formula is C13H9FO3. The van der Waals surface area contributed by atoms with Gasteiger partial charge in [0, 0.05) is 11.1 Å². The number of aromatic carboxylic acids is 1. The van der Waals surface area contributed by atoms with E-state index in [0.717, 1.165) is 0 Å². The number of phenols is 1. The second-order valence-electron chi connectivity index (χ2n) is 3.49. The third kappa shape index (κ3) is 1.97. The van der Waals surface area contributed by atoms with E-state index in [0.29, 0.717) is 0 Å². The molecule has 4 heteroatoms. The monoisotopic (exact) mass is 232 g/mol. The van der Waals surface area contributed by atoms with Gasteiger partial charge in [-0.25, -0.2) is 9.18 Å². The van der Waals surface area contributed by atoms with E-state index in [1.54, 1.807) is 6.07 Å². The summed E-state index contributed by atoms with van der Waals surface area (Å²) in [6.07, 6.45) is 0. The SMILES string of the molecule is O=C(O)c1cccc(-c2ccccc2F)c1O. The Morgan fingerprint density at radius 2 is 1.65 bits per heavy atom. The number of carbonyl (C=O) groups is 1. The lowest BCUT2D eigenvalue weighted by molar-refractivity contribution is 0.0694. The first-order valence-corrected chi connectivity index (χ1v) is 4.91. The summed E-state index contributed by atoms with van der Waals surface area (Å²) < 4.78 is 13.5. The Bertz CT molecular complexity index is 579. The molecule has 0 aliphatic rings. The smallest absolute Gasteiger partial charge is 0.339 e. The predicted molar refractivity (Wildman–Crippen MR) is 60.5 cm³/mol. The number of carboxylic acid groups (broad SMARTS) is 1. The normalized spacial score (nSPS) is 10.2. The highest BCUT2D eigenvalue weighted by molar-refractivity contribution is 5.94. The van der Waals surface area contributed by atoms with Crippen molar-refractivity contribution < 1.29 is 19.4 Å². The molecule has 17 heavy (non-hydrogen) atoms. The average Bonchev–Trinajstić information content (AvgIpc) is 2.30. The van der Waals surface area contributed by atoms with Crippen molar-refractivity contribution in [3.63, 3.8) is 0 Å². The van der Waals surface area contributed by atoms with Gasteiger partial charge in [-0.15, -0.1) is 0 Å². The standard InChI is InChI=1S/C13H9FO3/c14-11-7-2-1-4-8(11)9-5-3-6-10(12(9)15)13(16)17/h1-7,15H,(H,16,17). The second kappa shape index (κ2) is 4.25. The first-order chi connectivity index (χ1) is 8.11. The van der Waals surface area contributed by atoms with Crippen LogP contribution in [0.2, 0.25) is 0 Å². The Kier molecular flexibility index (Phi) is 2.78. The fourth-order valence-electron chi connectivity index (χ4n) is 1.61. The molecule has 0 amide bonds. The minimum Gasteiger partial charge on any atom is -0.506 e. The quantitative estimate of drug-likeness (QED) is 0.836. The van der Waals surface area contributed by atoms with E-state index in [1.165, 1.54) is 36.4 Å². The third-order valence-corrected chi connectivity index (χ3v) is 2.43. The van der Waals surface area contributed by atoms with E-state index in [1.807, 2.05) is 0 Å². The Morgan fingerprint density at radius 1 is 1.00 bits per heavy atom. The lowest BCUT2D eigenvalue weighted by Crippen LogP contribution is -1.97. The molecule has 0 saturated heterocycles. The van der Waals surface area contributed by atoms with Crippen LogP contribution in [0, 0.1) is 5.82 Å². The number of para-hydroxylation sites is 1. The van der Waals surface area contributed by atoms with E-state index in [9.17, 15) is 14.3 Å². The van der Waals surface area contributed by atoms with Gasteiger partial charge in [-0.1, -0.05) is 30.3 Å². The molecule has 0 unspecified atom stereocenters. The van der Waals surface area contributed by atoms with Gasteiger partial charge in [0.15, 0.2) is 0 Å². The third-order valence-electron chi connectivity index (χ3n) is 2.43. The maximum absolute atomic E-state index is 13.5. The Balaban J connectivity index is 2.65. The van der Waals surface area contributed by atoms with Crippen molar-refractivity contribution in [3.8, 4) is 16.9 Å². The van der Waals surface area contributed by atoms with Gasteiger partial charge >= 0.3 is 5.97 Å². The molecule has 3 nitrogen and oxygen atoms in total. The molecule has 0 aromatic heterocycles. The van der Waals surface area contributed by atoms with Gasteiger partial charge in [0.25, 0.3) is 0 Å². The van der Waals surface area contributed by atoms with Crippen molar-refractivity contribution in [3.05, 3.63) is 53.8 Å². The molecule has 0 bridgehead atoms. The zero-order valence-electron chi connectivity index (χ0n) is 8.72. The van der Waals surface area contributed by atoms with Crippen molar-refractivity contribution in [2.75, 3.05) is 0 Å². The summed E-state index contributed by atoms with van der Waals surface area (Å²) in [5.41, 5.74) is 0.0989. The van der Waals surface area contributed by atoms with Gasteiger partial charge in [-0.05, 0) is 12.1 Å². The van der Waals surface area contributed by atoms with Crippen LogP contribution in [-0.2, 0) is 0 Å². The zero-order chi connectivity index (χ0) is 12.4. The van der Waals surface area contributed by atoms with Crippen LogP contribution in [0.4, 0.5) is 4.39 Å². The fraction of sp³-hybridized carbons (Fsp3) is 0. The molecule has 0 fully saturated rings. The topological polar surface area (TPSA) is 57.5 Å². The summed E-state index contributed by atoms with van der Waals surface area (Å²) >= 11 is 0. The summed E-state index contributed by atoms with van der Waals surface area (Å²) in [5, 5.41) is 18.6. The highest BCUT2D eigenvalue weighted by atomic mass is 19.1. The number of halogens is 1. The Hall–Kier alpha value is -2.36. The van der Waals surface area contributed by atoms with E-state index < -0.39 is 17.5 Å². The zero-order valence-corrected chi connectivity index (χ0v) is 8.72. The highest BCUT2D eigenvalue weighted by Crippen LogP contribution is 2.33. The van der Waals surface area contributed by atoms with Crippen LogP contribution in [0.3, 0.4) is 0 Å². The lowest BCUT2D eigenvalue weighted by Gasteiger charge is -2.07. The molecule has 0 saturated carbocycles. The molecule has 0 spiro atoms. The number of benzene rings is 2. The van der Waals surface area contributed by atoms with Crippen LogP contribution in [0.15, 0.2) is 42.5 Å². The summed E-state index contributed by atoms with van der Waals surface area (Å²) in [6.45, 7) is 0. The molecule has 0 aliphatic carbocycles. The van der Waals surface area contributed by atoms with E-state index in [-0.39, 0.29) is 16.7 Å². The number of carboxylic acids is 1. The minimum atomic E-state index is -1.25. The van der Waals surface area contributed by atoms with Crippen LogP contribution < -0.4 is 0 Å². The van der Waals surface area contributed by atoms with Crippen LogP contribution in [-0.4, -0.2) is 16.2 Å². The number of rotatable bonds is 2. The largest absolute Gasteiger partial charge is 0.506 e. The molecule has 2 N–H and O–H groups in total. The summed E-state index contributed by atoms with van der Waals surface area (Å²) in [6, 6.07) is 10.1. The number of hydrogen-bond donors (Lipinski definition) is 2. The van der Waals surface area contributed by atoms with Gasteiger partial charge < -0.3 is 10.2 Å². The summed E-state index contributed by atoms with van der Waals surface area (Å²) in [5.74, 6) is -2.18. The molecule has 86 valence electrons. The Morgan fingerprint density at radius 3 is 2.29 bits per heavy atom. The van der Waals surface area contributed by atoms with Crippen molar-refractivity contribution in [1.29, 1.82) is 0 Å².